The highest BCUT2D eigenvalue weighted by molar-refractivity contribution is 6.31. The number of carbonyl (C=O) groups excluding carboxylic acids is 1. The second-order valence-corrected chi connectivity index (χ2v) is 7.55. The van der Waals surface area contributed by atoms with E-state index in [-0.39, 0.29) is 5.91 Å². The summed E-state index contributed by atoms with van der Waals surface area (Å²) in [7, 11) is 0. The van der Waals surface area contributed by atoms with Gasteiger partial charge in [-0.3, -0.25) is 4.79 Å². The minimum atomic E-state index is -0.166. The van der Waals surface area contributed by atoms with Crippen molar-refractivity contribution in [1.82, 2.24) is 4.98 Å². The fraction of sp³-hybridized carbons (Fsp3) is 0.0400. The van der Waals surface area contributed by atoms with Gasteiger partial charge in [-0.25, -0.2) is 4.98 Å². The largest absolute Gasteiger partial charge is 0.436 e. The number of rotatable bonds is 3. The Hall–Kier alpha value is -3.63. The molecule has 4 nitrogen and oxygen atoms in total. The van der Waals surface area contributed by atoms with Crippen molar-refractivity contribution in [3.8, 4) is 11.5 Å². The van der Waals surface area contributed by atoms with E-state index in [0.29, 0.717) is 33.3 Å². The Kier molecular flexibility index (Phi) is 4.49. The molecule has 0 atom stereocenters. The van der Waals surface area contributed by atoms with Crippen LogP contribution in [0.3, 0.4) is 0 Å². The van der Waals surface area contributed by atoms with Crippen molar-refractivity contribution in [3.63, 3.8) is 0 Å². The van der Waals surface area contributed by atoms with Crippen molar-refractivity contribution in [2.75, 3.05) is 5.32 Å². The van der Waals surface area contributed by atoms with Gasteiger partial charge in [0.15, 0.2) is 5.58 Å². The average Bonchev–Trinajstić information content (AvgIpc) is 3.18. The molecule has 0 saturated heterocycles. The van der Waals surface area contributed by atoms with Crippen LogP contribution in [0.2, 0.25) is 5.02 Å². The molecular weight excluding hydrogens is 396 g/mol. The van der Waals surface area contributed by atoms with Crippen LogP contribution in [0.15, 0.2) is 83.3 Å². The van der Waals surface area contributed by atoms with Crippen LogP contribution in [0.1, 0.15) is 15.9 Å². The van der Waals surface area contributed by atoms with Gasteiger partial charge in [0.05, 0.1) is 0 Å². The number of benzene rings is 4. The minimum Gasteiger partial charge on any atom is -0.436 e. The Morgan fingerprint density at radius 3 is 2.67 bits per heavy atom. The molecule has 30 heavy (non-hydrogen) atoms. The van der Waals surface area contributed by atoms with Gasteiger partial charge in [0.2, 0.25) is 5.89 Å². The second kappa shape index (κ2) is 7.32. The maximum atomic E-state index is 12.9. The molecule has 0 aliphatic heterocycles. The van der Waals surface area contributed by atoms with E-state index in [1.165, 1.54) is 0 Å². The number of nitrogens with one attached hydrogen (secondary N) is 1. The maximum absolute atomic E-state index is 12.9. The first-order valence-corrected chi connectivity index (χ1v) is 9.92. The highest BCUT2D eigenvalue weighted by Crippen LogP contribution is 2.29. The fourth-order valence-electron chi connectivity index (χ4n) is 3.48. The number of hydrogen-bond acceptors (Lipinski definition) is 3. The van der Waals surface area contributed by atoms with Crippen LogP contribution in [-0.2, 0) is 0 Å². The molecule has 0 aliphatic carbocycles. The van der Waals surface area contributed by atoms with E-state index in [0.717, 1.165) is 21.9 Å². The highest BCUT2D eigenvalue weighted by Gasteiger charge is 2.13. The van der Waals surface area contributed by atoms with Gasteiger partial charge in [0.25, 0.3) is 5.91 Å². The SMILES string of the molecule is Cc1ccc(-c2nc3cc(NC(=O)c4cccc5ccccc45)ccc3o2)cc1Cl. The second-order valence-electron chi connectivity index (χ2n) is 7.15. The normalized spacial score (nSPS) is 11.1. The van der Waals surface area contributed by atoms with Crippen LogP contribution in [0.4, 0.5) is 5.69 Å². The summed E-state index contributed by atoms with van der Waals surface area (Å²) in [6.07, 6.45) is 0. The standard InChI is InChI=1S/C25H17ClN2O2/c1-15-9-10-17(13-21(15)26)25-28-22-14-18(11-12-23(22)30-25)27-24(29)20-8-4-6-16-5-2-3-7-19(16)20/h2-14H,1H3,(H,27,29). The van der Waals surface area contributed by atoms with Crippen LogP contribution in [0, 0.1) is 6.92 Å². The molecule has 1 heterocycles. The van der Waals surface area contributed by atoms with E-state index in [2.05, 4.69) is 10.3 Å². The Labute approximate surface area is 178 Å². The molecule has 5 rings (SSSR count). The van der Waals surface area contributed by atoms with E-state index in [1.54, 1.807) is 12.1 Å². The van der Waals surface area contributed by atoms with E-state index in [9.17, 15) is 4.79 Å². The number of halogens is 1. The molecule has 0 fully saturated rings. The third-order valence-electron chi connectivity index (χ3n) is 5.10. The van der Waals surface area contributed by atoms with Gasteiger partial charge < -0.3 is 9.73 Å². The minimum absolute atomic E-state index is 0.166. The number of carbonyl (C=O) groups is 1. The number of aromatic nitrogens is 1. The first-order chi connectivity index (χ1) is 14.6. The summed E-state index contributed by atoms with van der Waals surface area (Å²) in [6.45, 7) is 1.95. The zero-order chi connectivity index (χ0) is 20.7. The molecule has 5 aromatic rings. The lowest BCUT2D eigenvalue weighted by Gasteiger charge is -2.08. The predicted molar refractivity (Wildman–Crippen MR) is 121 cm³/mol. The molecule has 0 saturated carbocycles. The van der Waals surface area contributed by atoms with Crippen molar-refractivity contribution in [3.05, 3.63) is 95.0 Å². The van der Waals surface area contributed by atoms with Crippen molar-refractivity contribution < 1.29 is 9.21 Å². The van der Waals surface area contributed by atoms with Gasteiger partial charge in [-0.1, -0.05) is 54.1 Å². The van der Waals surface area contributed by atoms with Crippen molar-refractivity contribution in [2.45, 2.75) is 6.92 Å². The zero-order valence-corrected chi connectivity index (χ0v) is 16.9. The summed E-state index contributed by atoms with van der Waals surface area (Å²) in [4.78, 5) is 17.5. The number of fused-ring (bicyclic) bond motifs is 2. The molecule has 1 amide bonds. The summed E-state index contributed by atoms with van der Waals surface area (Å²) in [6, 6.07) is 24.7. The van der Waals surface area contributed by atoms with E-state index in [4.69, 9.17) is 16.0 Å². The zero-order valence-electron chi connectivity index (χ0n) is 16.1. The molecule has 0 unspecified atom stereocenters. The molecule has 1 N–H and O–H groups in total. The van der Waals surface area contributed by atoms with E-state index in [1.807, 2.05) is 73.7 Å². The highest BCUT2D eigenvalue weighted by atomic mass is 35.5. The van der Waals surface area contributed by atoms with Crippen LogP contribution in [-0.4, -0.2) is 10.9 Å². The van der Waals surface area contributed by atoms with Gasteiger partial charge in [-0.05, 0) is 59.7 Å². The lowest BCUT2D eigenvalue weighted by molar-refractivity contribution is 0.102. The van der Waals surface area contributed by atoms with Gasteiger partial charge in [0, 0.05) is 21.8 Å². The van der Waals surface area contributed by atoms with Gasteiger partial charge in [-0.2, -0.15) is 0 Å². The fourth-order valence-corrected chi connectivity index (χ4v) is 3.66. The molecule has 0 bridgehead atoms. The summed E-state index contributed by atoms with van der Waals surface area (Å²) < 4.78 is 5.87. The predicted octanol–water partition coefficient (Wildman–Crippen LogP) is 6.86. The molecule has 5 heteroatoms. The quantitative estimate of drug-likeness (QED) is 0.352. The summed E-state index contributed by atoms with van der Waals surface area (Å²) in [5.74, 6) is 0.324. The number of oxazole rings is 1. The van der Waals surface area contributed by atoms with Gasteiger partial charge >= 0.3 is 0 Å². The lowest BCUT2D eigenvalue weighted by Crippen LogP contribution is -2.12. The Morgan fingerprint density at radius 2 is 1.80 bits per heavy atom. The summed E-state index contributed by atoms with van der Waals surface area (Å²) >= 11 is 6.23. The van der Waals surface area contributed by atoms with Crippen molar-refractivity contribution in [1.29, 1.82) is 0 Å². The van der Waals surface area contributed by atoms with Crippen LogP contribution in [0.25, 0.3) is 33.3 Å². The number of aryl methyl sites for hydroxylation is 1. The van der Waals surface area contributed by atoms with Gasteiger partial charge in [0.1, 0.15) is 5.52 Å². The van der Waals surface area contributed by atoms with E-state index < -0.39 is 0 Å². The average molecular weight is 413 g/mol. The van der Waals surface area contributed by atoms with Crippen molar-refractivity contribution in [2.24, 2.45) is 0 Å². The molecule has 0 spiro atoms. The maximum Gasteiger partial charge on any atom is 0.256 e. The third-order valence-corrected chi connectivity index (χ3v) is 5.51. The van der Waals surface area contributed by atoms with Crippen LogP contribution < -0.4 is 5.32 Å². The monoisotopic (exact) mass is 412 g/mol. The number of anilines is 1. The van der Waals surface area contributed by atoms with E-state index >= 15 is 0 Å². The molecule has 4 aromatic carbocycles. The van der Waals surface area contributed by atoms with Crippen molar-refractivity contribution >= 4 is 45.1 Å². The number of hydrogen-bond donors (Lipinski definition) is 1. The molecule has 0 aliphatic rings. The first-order valence-electron chi connectivity index (χ1n) is 9.55. The topological polar surface area (TPSA) is 55.1 Å². The smallest absolute Gasteiger partial charge is 0.256 e. The molecule has 146 valence electrons. The first kappa shape index (κ1) is 18.4. The Bertz CT molecular complexity index is 1420. The number of nitrogens with zero attached hydrogens (tertiary/aromatic N) is 1. The van der Waals surface area contributed by atoms with Crippen LogP contribution >= 0.6 is 11.6 Å². The summed E-state index contributed by atoms with van der Waals surface area (Å²) in [5.41, 5.74) is 4.39. The molecule has 1 aromatic heterocycles. The van der Waals surface area contributed by atoms with Gasteiger partial charge in [-0.15, -0.1) is 0 Å². The summed E-state index contributed by atoms with van der Waals surface area (Å²) in [5, 5.41) is 5.57. The molecule has 0 radical (unpaired) electrons. The van der Waals surface area contributed by atoms with Crippen LogP contribution in [0.5, 0.6) is 0 Å². The number of amides is 1. The molecular formula is C25H17ClN2O2. The Balaban J connectivity index is 1.46. The Morgan fingerprint density at radius 1 is 0.967 bits per heavy atom. The lowest BCUT2D eigenvalue weighted by atomic mass is 10.0. The third kappa shape index (κ3) is 3.31.